The highest BCUT2D eigenvalue weighted by Gasteiger charge is 2.57. The number of ether oxygens (including phenoxy) is 1. The molecule has 0 aliphatic carbocycles. The highest BCUT2D eigenvalue weighted by atomic mass is 16.5. The van der Waals surface area contributed by atoms with Gasteiger partial charge in [0.05, 0.1) is 6.61 Å². The molecule has 8 nitrogen and oxygen atoms in total. The number of nitrogens with zero attached hydrogens (tertiary/aromatic N) is 5. The SMILES string of the molecule is COCCN1C(=O)N(CCCc2cccnc2)C(=O)C12CCN(Cc1cccnc1)CC2. The van der Waals surface area contributed by atoms with Gasteiger partial charge in [-0.25, -0.2) is 4.79 Å². The van der Waals surface area contributed by atoms with E-state index in [1.54, 1.807) is 24.4 Å². The zero-order chi connectivity index (χ0) is 22.4. The van der Waals surface area contributed by atoms with Gasteiger partial charge in [-0.2, -0.15) is 0 Å². The molecule has 0 saturated carbocycles. The van der Waals surface area contributed by atoms with Crippen LogP contribution in [-0.2, 0) is 22.5 Å². The number of carbonyl (C=O) groups is 2. The van der Waals surface area contributed by atoms with Gasteiger partial charge in [-0.05, 0) is 48.9 Å². The van der Waals surface area contributed by atoms with Gasteiger partial charge in [0, 0.05) is 64.6 Å². The van der Waals surface area contributed by atoms with Crippen molar-refractivity contribution in [3.8, 4) is 0 Å². The van der Waals surface area contributed by atoms with Crippen LogP contribution in [0.5, 0.6) is 0 Å². The topological polar surface area (TPSA) is 78.9 Å². The van der Waals surface area contributed by atoms with Gasteiger partial charge in [-0.15, -0.1) is 0 Å². The van der Waals surface area contributed by atoms with Crippen LogP contribution in [0.3, 0.4) is 0 Å². The molecule has 2 aliphatic rings. The molecule has 1 spiro atoms. The van der Waals surface area contributed by atoms with Crippen molar-refractivity contribution >= 4 is 11.9 Å². The molecule has 32 heavy (non-hydrogen) atoms. The van der Waals surface area contributed by atoms with Gasteiger partial charge in [0.1, 0.15) is 5.54 Å². The van der Waals surface area contributed by atoms with Gasteiger partial charge < -0.3 is 9.64 Å². The van der Waals surface area contributed by atoms with Crippen molar-refractivity contribution in [1.29, 1.82) is 0 Å². The first-order chi connectivity index (χ1) is 15.6. The minimum Gasteiger partial charge on any atom is -0.383 e. The van der Waals surface area contributed by atoms with Crippen LogP contribution in [0.2, 0.25) is 0 Å². The number of methoxy groups -OCH3 is 1. The Morgan fingerprint density at radius 3 is 2.31 bits per heavy atom. The zero-order valence-corrected chi connectivity index (χ0v) is 18.7. The van der Waals surface area contributed by atoms with E-state index in [1.165, 1.54) is 4.90 Å². The lowest BCUT2D eigenvalue weighted by Crippen LogP contribution is -2.57. The molecule has 0 bridgehead atoms. The first-order valence-corrected chi connectivity index (χ1v) is 11.3. The maximum Gasteiger partial charge on any atom is 0.327 e. The number of rotatable bonds is 9. The lowest BCUT2D eigenvalue weighted by atomic mass is 9.85. The number of imide groups is 1. The van der Waals surface area contributed by atoms with Crippen LogP contribution < -0.4 is 0 Å². The minimum atomic E-state index is -0.755. The van der Waals surface area contributed by atoms with E-state index in [4.69, 9.17) is 4.74 Å². The largest absolute Gasteiger partial charge is 0.383 e. The third-order valence-electron chi connectivity index (χ3n) is 6.52. The van der Waals surface area contributed by atoms with E-state index in [1.807, 2.05) is 30.6 Å². The van der Waals surface area contributed by atoms with Gasteiger partial charge >= 0.3 is 6.03 Å². The van der Waals surface area contributed by atoms with E-state index in [-0.39, 0.29) is 11.9 Å². The van der Waals surface area contributed by atoms with E-state index >= 15 is 0 Å². The van der Waals surface area contributed by atoms with E-state index < -0.39 is 5.54 Å². The van der Waals surface area contributed by atoms with Crippen LogP contribution >= 0.6 is 0 Å². The molecular formula is C24H31N5O3. The van der Waals surface area contributed by atoms with Crippen LogP contribution in [0.25, 0.3) is 0 Å². The summed E-state index contributed by atoms with van der Waals surface area (Å²) >= 11 is 0. The predicted octanol–water partition coefficient (Wildman–Crippen LogP) is 2.35. The molecule has 4 heterocycles. The summed E-state index contributed by atoms with van der Waals surface area (Å²) in [4.78, 5) is 40.7. The van der Waals surface area contributed by atoms with Crippen LogP contribution in [-0.4, -0.2) is 82.0 Å². The predicted molar refractivity (Wildman–Crippen MR) is 120 cm³/mol. The van der Waals surface area contributed by atoms with Gasteiger partial charge in [-0.1, -0.05) is 12.1 Å². The summed E-state index contributed by atoms with van der Waals surface area (Å²) in [6, 6.07) is 7.75. The van der Waals surface area contributed by atoms with Crippen molar-refractivity contribution in [1.82, 2.24) is 24.7 Å². The van der Waals surface area contributed by atoms with Crippen molar-refractivity contribution < 1.29 is 14.3 Å². The van der Waals surface area contributed by atoms with Gasteiger partial charge in [0.25, 0.3) is 5.91 Å². The van der Waals surface area contributed by atoms with Crippen molar-refractivity contribution in [2.75, 3.05) is 39.9 Å². The molecule has 0 atom stereocenters. The molecule has 2 aliphatic heterocycles. The van der Waals surface area contributed by atoms with E-state index in [9.17, 15) is 9.59 Å². The van der Waals surface area contributed by atoms with E-state index in [0.717, 1.165) is 43.6 Å². The van der Waals surface area contributed by atoms with Gasteiger partial charge in [0.15, 0.2) is 0 Å². The number of likely N-dealkylation sites (tertiary alicyclic amines) is 1. The average molecular weight is 438 g/mol. The van der Waals surface area contributed by atoms with Gasteiger partial charge in [0.2, 0.25) is 0 Å². The number of piperidine rings is 1. The normalized spacial score (nSPS) is 18.7. The lowest BCUT2D eigenvalue weighted by molar-refractivity contribution is -0.136. The van der Waals surface area contributed by atoms with Crippen LogP contribution in [0.4, 0.5) is 4.79 Å². The Morgan fingerprint density at radius 2 is 1.69 bits per heavy atom. The molecule has 2 saturated heterocycles. The summed E-state index contributed by atoms with van der Waals surface area (Å²) in [5, 5.41) is 0. The first kappa shape index (κ1) is 22.4. The summed E-state index contributed by atoms with van der Waals surface area (Å²) in [6.07, 6.45) is 10.0. The Morgan fingerprint density at radius 1 is 1.00 bits per heavy atom. The second-order valence-electron chi connectivity index (χ2n) is 8.52. The number of carbonyl (C=O) groups excluding carboxylic acids is 2. The summed E-state index contributed by atoms with van der Waals surface area (Å²) in [7, 11) is 1.62. The lowest BCUT2D eigenvalue weighted by Gasteiger charge is -2.42. The molecule has 0 N–H and O–H groups in total. The Balaban J connectivity index is 1.42. The number of aryl methyl sites for hydroxylation is 1. The minimum absolute atomic E-state index is 0.0502. The fraction of sp³-hybridized carbons (Fsp3) is 0.500. The standard InChI is InChI=1S/C24H31N5O3/c1-32-16-15-29-23(31)28(12-4-7-20-5-2-10-25-17-20)22(30)24(29)8-13-27(14-9-24)19-21-6-3-11-26-18-21/h2-3,5-6,10-11,17-18H,4,7-9,12-16,19H2,1H3. The number of aromatic nitrogens is 2. The molecule has 3 amide bonds. The van der Waals surface area contributed by atoms with Crippen LogP contribution in [0, 0.1) is 0 Å². The van der Waals surface area contributed by atoms with Crippen molar-refractivity contribution in [2.45, 2.75) is 37.8 Å². The third-order valence-corrected chi connectivity index (χ3v) is 6.52. The molecule has 4 rings (SSSR count). The molecule has 0 radical (unpaired) electrons. The first-order valence-electron chi connectivity index (χ1n) is 11.3. The fourth-order valence-corrected chi connectivity index (χ4v) is 4.77. The molecule has 2 aromatic heterocycles. The maximum absolute atomic E-state index is 13.6. The number of pyridine rings is 2. The summed E-state index contributed by atoms with van der Waals surface area (Å²) in [5.74, 6) is -0.0502. The quantitative estimate of drug-likeness (QED) is 0.561. The van der Waals surface area contributed by atoms with Crippen molar-refractivity contribution in [3.63, 3.8) is 0 Å². The number of urea groups is 1. The molecule has 2 fully saturated rings. The smallest absolute Gasteiger partial charge is 0.327 e. The summed E-state index contributed by atoms with van der Waals surface area (Å²) in [6.45, 7) is 3.62. The second-order valence-corrected chi connectivity index (χ2v) is 8.52. The Kier molecular flexibility index (Phi) is 7.12. The highest BCUT2D eigenvalue weighted by molar-refractivity contribution is 6.07. The van der Waals surface area contributed by atoms with Crippen molar-refractivity contribution in [2.24, 2.45) is 0 Å². The second kappa shape index (κ2) is 10.2. The summed E-state index contributed by atoms with van der Waals surface area (Å²) < 4.78 is 5.25. The summed E-state index contributed by atoms with van der Waals surface area (Å²) in [5.41, 5.74) is 1.52. The van der Waals surface area contributed by atoms with Gasteiger partial charge in [-0.3, -0.25) is 24.6 Å². The molecule has 0 unspecified atom stereocenters. The van der Waals surface area contributed by atoms with Crippen molar-refractivity contribution in [3.05, 3.63) is 60.2 Å². The molecule has 8 heteroatoms. The maximum atomic E-state index is 13.6. The number of hydrogen-bond donors (Lipinski definition) is 0. The molecular weight excluding hydrogens is 406 g/mol. The number of amides is 3. The fourth-order valence-electron chi connectivity index (χ4n) is 4.77. The van der Waals surface area contributed by atoms with E-state index in [0.29, 0.717) is 32.5 Å². The molecule has 170 valence electrons. The zero-order valence-electron chi connectivity index (χ0n) is 18.7. The highest BCUT2D eigenvalue weighted by Crippen LogP contribution is 2.37. The van der Waals surface area contributed by atoms with Crippen LogP contribution in [0.1, 0.15) is 30.4 Å². The monoisotopic (exact) mass is 437 g/mol. The number of hydrogen-bond acceptors (Lipinski definition) is 6. The Hall–Kier alpha value is -2.84. The van der Waals surface area contributed by atoms with E-state index in [2.05, 4.69) is 20.9 Å². The molecule has 0 aromatic carbocycles. The third kappa shape index (κ3) is 4.66. The van der Waals surface area contributed by atoms with Crippen LogP contribution in [0.15, 0.2) is 49.1 Å². The Labute approximate surface area is 189 Å². The average Bonchev–Trinajstić information content (AvgIpc) is 3.01. The Bertz CT molecular complexity index is 900. The molecule has 2 aromatic rings.